The average molecular weight is 335 g/mol. The van der Waals surface area contributed by atoms with E-state index in [-0.39, 0.29) is 11.4 Å². The Hall–Kier alpha value is -2.05. The Bertz CT molecular complexity index is 755. The highest BCUT2D eigenvalue weighted by Gasteiger charge is 2.15. The molecule has 0 unspecified atom stereocenters. The van der Waals surface area contributed by atoms with Gasteiger partial charge in [0.1, 0.15) is 11.5 Å². The highest BCUT2D eigenvalue weighted by molar-refractivity contribution is 7.89. The molecule has 0 saturated heterocycles. The van der Waals surface area contributed by atoms with Gasteiger partial charge in [-0.15, -0.1) is 0 Å². The molecule has 124 valence electrons. The van der Waals surface area contributed by atoms with E-state index < -0.39 is 10.0 Å². The molecule has 0 bridgehead atoms. The molecule has 6 heteroatoms. The maximum absolute atomic E-state index is 12.4. The maximum Gasteiger partial charge on any atom is 0.240 e. The predicted molar refractivity (Wildman–Crippen MR) is 89.4 cm³/mol. The van der Waals surface area contributed by atoms with Gasteiger partial charge in [0, 0.05) is 18.2 Å². The molecule has 0 aromatic heterocycles. The smallest absolute Gasteiger partial charge is 0.240 e. The number of methoxy groups -OCH3 is 2. The lowest BCUT2D eigenvalue weighted by Crippen LogP contribution is -2.23. The second-order valence-electron chi connectivity index (χ2n) is 5.00. The van der Waals surface area contributed by atoms with E-state index in [1.165, 1.54) is 7.11 Å². The molecule has 2 aromatic rings. The Morgan fingerprint density at radius 2 is 1.70 bits per heavy atom. The molecule has 0 spiro atoms. The van der Waals surface area contributed by atoms with Gasteiger partial charge in [-0.3, -0.25) is 0 Å². The summed E-state index contributed by atoms with van der Waals surface area (Å²) in [6.45, 7) is 2.17. The van der Waals surface area contributed by atoms with Gasteiger partial charge in [0.2, 0.25) is 10.0 Å². The summed E-state index contributed by atoms with van der Waals surface area (Å²) in [6.07, 6.45) is 0.872. The van der Waals surface area contributed by atoms with Crippen molar-refractivity contribution >= 4 is 10.0 Å². The lowest BCUT2D eigenvalue weighted by atomic mass is 10.2. The molecule has 2 aromatic carbocycles. The van der Waals surface area contributed by atoms with Crippen LogP contribution in [0.2, 0.25) is 0 Å². The van der Waals surface area contributed by atoms with Gasteiger partial charge in [0.15, 0.2) is 0 Å². The summed E-state index contributed by atoms with van der Waals surface area (Å²) < 4.78 is 37.7. The van der Waals surface area contributed by atoms with Crippen molar-refractivity contribution in [1.82, 2.24) is 4.72 Å². The molecule has 0 heterocycles. The fourth-order valence-electron chi connectivity index (χ4n) is 2.16. The molecule has 2 rings (SSSR count). The molecule has 0 saturated carbocycles. The molecule has 0 aliphatic carbocycles. The average Bonchev–Trinajstić information content (AvgIpc) is 2.59. The lowest BCUT2D eigenvalue weighted by Gasteiger charge is -2.12. The summed E-state index contributed by atoms with van der Waals surface area (Å²) in [7, 11) is -0.456. The molecular formula is C17H21NO4S. The van der Waals surface area contributed by atoms with Crippen LogP contribution in [0.4, 0.5) is 0 Å². The third-order valence-corrected chi connectivity index (χ3v) is 5.01. The summed E-state index contributed by atoms with van der Waals surface area (Å²) in [4.78, 5) is 0.252. The number of aryl methyl sites for hydroxylation is 1. The first-order chi connectivity index (χ1) is 11.0. The van der Waals surface area contributed by atoms with Gasteiger partial charge < -0.3 is 9.47 Å². The lowest BCUT2D eigenvalue weighted by molar-refractivity contribution is 0.390. The van der Waals surface area contributed by atoms with E-state index in [9.17, 15) is 8.42 Å². The quantitative estimate of drug-likeness (QED) is 0.845. The Labute approximate surface area is 137 Å². The Balaban J connectivity index is 2.15. The number of nitrogens with one attached hydrogen (secondary N) is 1. The zero-order valence-corrected chi connectivity index (χ0v) is 14.3. The van der Waals surface area contributed by atoms with Crippen LogP contribution in [0.15, 0.2) is 47.4 Å². The van der Waals surface area contributed by atoms with Crippen LogP contribution in [0.5, 0.6) is 11.5 Å². The van der Waals surface area contributed by atoms with Crippen molar-refractivity contribution < 1.29 is 17.9 Å². The summed E-state index contributed by atoms with van der Waals surface area (Å²) in [5.41, 5.74) is 1.84. The first kappa shape index (κ1) is 17.3. The van der Waals surface area contributed by atoms with E-state index in [0.29, 0.717) is 11.5 Å². The highest BCUT2D eigenvalue weighted by atomic mass is 32.2. The number of sulfonamides is 1. The number of ether oxygens (including phenoxy) is 2. The topological polar surface area (TPSA) is 64.6 Å². The molecule has 0 radical (unpaired) electrons. The van der Waals surface area contributed by atoms with Crippen LogP contribution >= 0.6 is 0 Å². The van der Waals surface area contributed by atoms with Crippen molar-refractivity contribution in [2.45, 2.75) is 24.8 Å². The van der Waals surface area contributed by atoms with E-state index >= 15 is 0 Å². The second kappa shape index (κ2) is 7.48. The summed E-state index contributed by atoms with van der Waals surface area (Å²) in [5.74, 6) is 1.23. The zero-order chi connectivity index (χ0) is 16.9. The molecule has 0 fully saturated rings. The SMILES string of the molecule is CCc1ccc(S(=O)(=O)NCc2ccc(OC)cc2OC)cc1. The number of rotatable bonds is 7. The third kappa shape index (κ3) is 4.24. The predicted octanol–water partition coefficient (Wildman–Crippen LogP) is 2.74. The number of hydrogen-bond donors (Lipinski definition) is 1. The molecule has 0 amide bonds. The van der Waals surface area contributed by atoms with Crippen LogP contribution in [0.1, 0.15) is 18.1 Å². The van der Waals surface area contributed by atoms with E-state index in [0.717, 1.165) is 17.5 Å². The van der Waals surface area contributed by atoms with Crippen LogP contribution in [-0.2, 0) is 23.0 Å². The third-order valence-electron chi connectivity index (χ3n) is 3.59. The van der Waals surface area contributed by atoms with Crippen LogP contribution < -0.4 is 14.2 Å². The molecule has 5 nitrogen and oxygen atoms in total. The van der Waals surface area contributed by atoms with E-state index in [1.54, 1.807) is 37.4 Å². The van der Waals surface area contributed by atoms with Crippen molar-refractivity contribution in [3.63, 3.8) is 0 Å². The summed E-state index contributed by atoms with van der Waals surface area (Å²) in [5, 5.41) is 0. The summed E-state index contributed by atoms with van der Waals surface area (Å²) >= 11 is 0. The monoisotopic (exact) mass is 335 g/mol. The van der Waals surface area contributed by atoms with Crippen molar-refractivity contribution in [2.24, 2.45) is 0 Å². The van der Waals surface area contributed by atoms with E-state index in [1.807, 2.05) is 19.1 Å². The van der Waals surface area contributed by atoms with Crippen LogP contribution in [-0.4, -0.2) is 22.6 Å². The minimum Gasteiger partial charge on any atom is -0.497 e. The molecule has 0 aliphatic heterocycles. The zero-order valence-electron chi connectivity index (χ0n) is 13.5. The minimum atomic E-state index is -3.56. The van der Waals surface area contributed by atoms with E-state index in [4.69, 9.17) is 9.47 Å². The Kier molecular flexibility index (Phi) is 5.63. The molecule has 0 aliphatic rings. The maximum atomic E-state index is 12.4. The van der Waals surface area contributed by atoms with Crippen LogP contribution in [0, 0.1) is 0 Å². The highest BCUT2D eigenvalue weighted by Crippen LogP contribution is 2.24. The number of benzene rings is 2. The fraction of sp³-hybridized carbons (Fsp3) is 0.294. The molecule has 0 atom stereocenters. The van der Waals surface area contributed by atoms with Gasteiger partial charge in [-0.1, -0.05) is 25.1 Å². The van der Waals surface area contributed by atoms with Gasteiger partial charge in [-0.2, -0.15) is 0 Å². The minimum absolute atomic E-state index is 0.144. The van der Waals surface area contributed by atoms with Crippen LogP contribution in [0.3, 0.4) is 0 Å². The van der Waals surface area contributed by atoms with Gasteiger partial charge in [0.25, 0.3) is 0 Å². The molecule has 1 N–H and O–H groups in total. The standard InChI is InChI=1S/C17H21NO4S/c1-4-13-5-9-16(10-6-13)23(19,20)18-12-14-7-8-15(21-2)11-17(14)22-3/h5-11,18H,4,12H2,1-3H3. The van der Waals surface area contributed by atoms with Gasteiger partial charge in [-0.25, -0.2) is 13.1 Å². The first-order valence-electron chi connectivity index (χ1n) is 7.29. The second-order valence-corrected chi connectivity index (χ2v) is 6.77. The van der Waals surface area contributed by atoms with Gasteiger partial charge >= 0.3 is 0 Å². The Morgan fingerprint density at radius 3 is 2.26 bits per heavy atom. The van der Waals surface area contributed by atoms with Crippen molar-refractivity contribution in [3.8, 4) is 11.5 Å². The van der Waals surface area contributed by atoms with Crippen molar-refractivity contribution in [3.05, 3.63) is 53.6 Å². The first-order valence-corrected chi connectivity index (χ1v) is 8.78. The van der Waals surface area contributed by atoms with Crippen molar-refractivity contribution in [1.29, 1.82) is 0 Å². The van der Waals surface area contributed by atoms with E-state index in [2.05, 4.69) is 4.72 Å². The molecular weight excluding hydrogens is 314 g/mol. The molecule has 23 heavy (non-hydrogen) atoms. The van der Waals surface area contributed by atoms with Crippen molar-refractivity contribution in [2.75, 3.05) is 14.2 Å². The summed E-state index contributed by atoms with van der Waals surface area (Å²) in [6, 6.07) is 12.1. The van der Waals surface area contributed by atoms with Gasteiger partial charge in [0.05, 0.1) is 19.1 Å². The largest absolute Gasteiger partial charge is 0.497 e. The Morgan fingerprint density at radius 1 is 1.00 bits per heavy atom. The fourth-order valence-corrected chi connectivity index (χ4v) is 3.16. The normalized spacial score (nSPS) is 11.3. The van der Waals surface area contributed by atoms with Gasteiger partial charge in [-0.05, 0) is 30.2 Å². The number of hydrogen-bond acceptors (Lipinski definition) is 4. The van der Waals surface area contributed by atoms with Crippen LogP contribution in [0.25, 0.3) is 0 Å².